The highest BCUT2D eigenvalue weighted by Crippen LogP contribution is 2.31. The maximum atomic E-state index is 12.1. The summed E-state index contributed by atoms with van der Waals surface area (Å²) >= 11 is -1.88. The Morgan fingerprint density at radius 2 is 1.86 bits per heavy atom. The van der Waals surface area contributed by atoms with Gasteiger partial charge in [0, 0.05) is 0 Å². The fraction of sp³-hybridized carbons (Fsp3) is 0.462. The summed E-state index contributed by atoms with van der Waals surface area (Å²) in [5, 5.41) is 19.4. The number of ether oxygens (including phenoxy) is 3. The van der Waals surface area contributed by atoms with E-state index >= 15 is 0 Å². The Balaban J connectivity index is 1.74. The molecular formula is C13H14O8S. The molecule has 0 radical (unpaired) electrons. The van der Waals surface area contributed by atoms with Gasteiger partial charge in [-0.05, 0) is 12.1 Å². The van der Waals surface area contributed by atoms with E-state index in [1.54, 1.807) is 30.3 Å². The van der Waals surface area contributed by atoms with Gasteiger partial charge in [-0.2, -0.15) is 0 Å². The molecule has 3 rings (SSSR count). The van der Waals surface area contributed by atoms with Gasteiger partial charge in [-0.25, -0.2) is 9.00 Å². The van der Waals surface area contributed by atoms with Crippen LogP contribution in [0.1, 0.15) is 0 Å². The summed E-state index contributed by atoms with van der Waals surface area (Å²) in [6.07, 6.45) is -6.58. The van der Waals surface area contributed by atoms with E-state index in [-0.39, 0.29) is 0 Å². The Morgan fingerprint density at radius 3 is 2.55 bits per heavy atom. The highest BCUT2D eigenvalue weighted by molar-refractivity contribution is 7.80. The van der Waals surface area contributed by atoms with E-state index in [1.165, 1.54) is 0 Å². The molecule has 0 bridgehead atoms. The molecule has 2 aliphatic rings. The molecule has 8 nitrogen and oxygen atoms in total. The molecule has 1 aromatic carbocycles. The number of hydrogen-bond donors (Lipinski definition) is 2. The van der Waals surface area contributed by atoms with E-state index in [9.17, 15) is 19.2 Å². The standard InChI is InChI=1S/C13H14O8S/c14-6-8-10-11(20-13(16)19-10)9(15)12(18-8)21-22(17)7-4-2-1-3-5-7/h1-5,8-12,14-15H,6H2/t8-,9-,10+,11-,12-,22?/m1/s1. The zero-order valence-corrected chi connectivity index (χ0v) is 12.0. The Bertz CT molecular complexity index is 564. The van der Waals surface area contributed by atoms with Crippen LogP contribution in [0.15, 0.2) is 35.2 Å². The highest BCUT2D eigenvalue weighted by atomic mass is 32.2. The number of carbonyl (C=O) groups is 1. The number of hydrogen-bond acceptors (Lipinski definition) is 8. The second-order valence-corrected chi connectivity index (χ2v) is 5.91. The van der Waals surface area contributed by atoms with Crippen LogP contribution in [0.2, 0.25) is 0 Å². The van der Waals surface area contributed by atoms with Crippen LogP contribution in [-0.4, -0.2) is 57.9 Å². The minimum Gasteiger partial charge on any atom is -0.424 e. The maximum absolute atomic E-state index is 12.1. The third kappa shape index (κ3) is 2.85. The van der Waals surface area contributed by atoms with Crippen LogP contribution in [0.5, 0.6) is 0 Å². The fourth-order valence-electron chi connectivity index (χ4n) is 2.32. The van der Waals surface area contributed by atoms with Crippen molar-refractivity contribution in [1.82, 2.24) is 0 Å². The summed E-state index contributed by atoms with van der Waals surface area (Å²) in [4.78, 5) is 11.6. The van der Waals surface area contributed by atoms with Gasteiger partial charge in [0.15, 0.2) is 23.3 Å². The molecule has 1 aromatic rings. The molecule has 0 aliphatic carbocycles. The molecule has 2 saturated heterocycles. The third-order valence-electron chi connectivity index (χ3n) is 3.38. The first-order valence-electron chi connectivity index (χ1n) is 6.56. The van der Waals surface area contributed by atoms with Crippen LogP contribution < -0.4 is 0 Å². The topological polar surface area (TPSA) is 112 Å². The fourth-order valence-corrected chi connectivity index (χ4v) is 3.14. The number of rotatable bonds is 4. The number of fused-ring (bicyclic) bond motifs is 1. The van der Waals surface area contributed by atoms with Gasteiger partial charge < -0.3 is 24.4 Å². The minimum atomic E-state index is -1.88. The molecule has 120 valence electrons. The third-order valence-corrected chi connectivity index (χ3v) is 4.40. The molecule has 2 N–H and O–H groups in total. The van der Waals surface area contributed by atoms with Crippen LogP contribution in [-0.2, 0) is 29.5 Å². The predicted octanol–water partition coefficient (Wildman–Crippen LogP) is -0.292. The molecule has 0 amide bonds. The van der Waals surface area contributed by atoms with Crippen molar-refractivity contribution in [2.75, 3.05) is 6.61 Å². The normalized spacial score (nSPS) is 35.4. The summed E-state index contributed by atoms with van der Waals surface area (Å²) in [5.41, 5.74) is 0. The van der Waals surface area contributed by atoms with Gasteiger partial charge in [0.05, 0.1) is 11.5 Å². The Labute approximate surface area is 128 Å². The van der Waals surface area contributed by atoms with Gasteiger partial charge in [-0.3, -0.25) is 4.18 Å². The van der Waals surface area contributed by atoms with Gasteiger partial charge in [0.25, 0.3) is 0 Å². The van der Waals surface area contributed by atoms with Crippen molar-refractivity contribution in [3.8, 4) is 0 Å². The lowest BCUT2D eigenvalue weighted by Crippen LogP contribution is -2.58. The van der Waals surface area contributed by atoms with Crippen molar-refractivity contribution < 1.29 is 37.6 Å². The van der Waals surface area contributed by atoms with Crippen LogP contribution in [0.3, 0.4) is 0 Å². The number of aliphatic hydroxyl groups is 2. The molecular weight excluding hydrogens is 316 g/mol. The highest BCUT2D eigenvalue weighted by Gasteiger charge is 2.54. The lowest BCUT2D eigenvalue weighted by atomic mass is 10.00. The largest absolute Gasteiger partial charge is 0.509 e. The number of carbonyl (C=O) groups excluding carboxylic acids is 1. The lowest BCUT2D eigenvalue weighted by Gasteiger charge is -2.37. The zero-order chi connectivity index (χ0) is 15.7. The molecule has 2 heterocycles. The molecule has 9 heteroatoms. The van der Waals surface area contributed by atoms with Crippen molar-refractivity contribution in [3.05, 3.63) is 30.3 Å². The Morgan fingerprint density at radius 1 is 1.18 bits per heavy atom. The molecule has 22 heavy (non-hydrogen) atoms. The quantitative estimate of drug-likeness (QED) is 0.724. The molecule has 0 saturated carbocycles. The van der Waals surface area contributed by atoms with Crippen LogP contribution >= 0.6 is 0 Å². The molecule has 2 fully saturated rings. The zero-order valence-electron chi connectivity index (χ0n) is 11.2. The van der Waals surface area contributed by atoms with E-state index < -0.39 is 54.5 Å². The SMILES string of the molecule is O=C1O[C@@H]2[C@@H](O)[C@@H](OS(=O)c3ccccc3)O[C@H](CO)[C@@H]2O1. The maximum Gasteiger partial charge on any atom is 0.509 e. The second kappa shape index (κ2) is 6.31. The lowest BCUT2D eigenvalue weighted by molar-refractivity contribution is -0.251. The predicted molar refractivity (Wildman–Crippen MR) is 70.8 cm³/mol. The van der Waals surface area contributed by atoms with Gasteiger partial charge in [-0.15, -0.1) is 0 Å². The summed E-state index contributed by atoms with van der Waals surface area (Å²) in [7, 11) is 0. The van der Waals surface area contributed by atoms with Crippen molar-refractivity contribution in [2.24, 2.45) is 0 Å². The number of aliphatic hydroxyl groups excluding tert-OH is 2. The van der Waals surface area contributed by atoms with E-state index in [0.717, 1.165) is 0 Å². The smallest absolute Gasteiger partial charge is 0.424 e. The molecule has 6 atom stereocenters. The number of benzene rings is 1. The Kier molecular flexibility index (Phi) is 4.41. The van der Waals surface area contributed by atoms with E-state index in [4.69, 9.17) is 18.4 Å². The molecule has 0 aromatic heterocycles. The first-order chi connectivity index (χ1) is 10.6. The molecule has 1 unspecified atom stereocenters. The molecule has 0 spiro atoms. The van der Waals surface area contributed by atoms with E-state index in [0.29, 0.717) is 4.90 Å². The van der Waals surface area contributed by atoms with E-state index in [2.05, 4.69) is 0 Å². The average Bonchev–Trinajstić information content (AvgIpc) is 2.93. The summed E-state index contributed by atoms with van der Waals surface area (Å²) in [6.45, 7) is -0.470. The summed E-state index contributed by atoms with van der Waals surface area (Å²) in [5.74, 6) is 0. The average molecular weight is 330 g/mol. The van der Waals surface area contributed by atoms with Crippen molar-refractivity contribution in [3.63, 3.8) is 0 Å². The van der Waals surface area contributed by atoms with Crippen LogP contribution in [0.25, 0.3) is 0 Å². The molecule has 2 aliphatic heterocycles. The van der Waals surface area contributed by atoms with Crippen molar-refractivity contribution in [2.45, 2.75) is 35.6 Å². The van der Waals surface area contributed by atoms with Gasteiger partial charge in [-0.1, -0.05) is 18.2 Å². The van der Waals surface area contributed by atoms with Crippen molar-refractivity contribution >= 4 is 17.2 Å². The van der Waals surface area contributed by atoms with Gasteiger partial charge in [0.1, 0.15) is 12.2 Å². The van der Waals surface area contributed by atoms with Crippen molar-refractivity contribution in [1.29, 1.82) is 0 Å². The second-order valence-electron chi connectivity index (χ2n) is 4.78. The first kappa shape index (κ1) is 15.4. The minimum absolute atomic E-state index is 0.389. The monoisotopic (exact) mass is 330 g/mol. The van der Waals surface area contributed by atoms with Gasteiger partial charge >= 0.3 is 6.16 Å². The summed E-state index contributed by atoms with van der Waals surface area (Å²) < 4.78 is 32.3. The summed E-state index contributed by atoms with van der Waals surface area (Å²) in [6, 6.07) is 8.32. The van der Waals surface area contributed by atoms with Crippen LogP contribution in [0, 0.1) is 0 Å². The van der Waals surface area contributed by atoms with Gasteiger partial charge in [0.2, 0.25) is 6.29 Å². The van der Waals surface area contributed by atoms with Crippen LogP contribution in [0.4, 0.5) is 4.79 Å². The first-order valence-corrected chi connectivity index (χ1v) is 7.63. The van der Waals surface area contributed by atoms with E-state index in [1.807, 2.05) is 0 Å². The Hall–Kier alpha value is -1.52.